The average Bonchev–Trinajstić information content (AvgIpc) is 2.56. The third-order valence-corrected chi connectivity index (χ3v) is 3.95. The van der Waals surface area contributed by atoms with Crippen molar-refractivity contribution in [3.8, 4) is 0 Å². The fourth-order valence-corrected chi connectivity index (χ4v) is 3.41. The number of rotatable bonds is 2. The second-order valence-electron chi connectivity index (χ2n) is 4.51. The summed E-state index contributed by atoms with van der Waals surface area (Å²) in [6.07, 6.45) is 3.17. The minimum atomic E-state index is 0.00361. The van der Waals surface area contributed by atoms with Crippen LogP contribution in [0.4, 0.5) is 0 Å². The lowest BCUT2D eigenvalue weighted by molar-refractivity contribution is 0.0934. The molecule has 0 bridgehead atoms. The standard InChI is InChI=1S/C13H16Br2N2O/c14-10-6-9(7-11(15)8-10)13(18)17-12-2-1-4-16-5-3-12/h6-8,12,16H,1-5H2,(H,17,18). The first kappa shape index (κ1) is 14.0. The summed E-state index contributed by atoms with van der Waals surface area (Å²) in [6, 6.07) is 5.89. The van der Waals surface area contributed by atoms with Crippen LogP contribution in [0, 0.1) is 0 Å². The number of hydrogen-bond acceptors (Lipinski definition) is 2. The van der Waals surface area contributed by atoms with Gasteiger partial charge < -0.3 is 10.6 Å². The molecule has 1 amide bonds. The summed E-state index contributed by atoms with van der Waals surface area (Å²) in [5.74, 6) is 0.00361. The molecule has 0 radical (unpaired) electrons. The monoisotopic (exact) mass is 374 g/mol. The van der Waals surface area contributed by atoms with Crippen LogP contribution in [-0.4, -0.2) is 25.0 Å². The van der Waals surface area contributed by atoms with Crippen LogP contribution in [-0.2, 0) is 0 Å². The Bertz CT molecular complexity index is 409. The molecule has 2 N–H and O–H groups in total. The van der Waals surface area contributed by atoms with Crippen molar-refractivity contribution in [1.29, 1.82) is 0 Å². The van der Waals surface area contributed by atoms with Gasteiger partial charge in [0.15, 0.2) is 0 Å². The van der Waals surface area contributed by atoms with Gasteiger partial charge in [0.1, 0.15) is 0 Å². The molecule has 0 spiro atoms. The predicted octanol–water partition coefficient (Wildman–Crippen LogP) is 3.08. The number of carbonyl (C=O) groups is 1. The molecule has 1 aromatic rings. The van der Waals surface area contributed by atoms with Gasteiger partial charge in [0.25, 0.3) is 5.91 Å². The summed E-state index contributed by atoms with van der Waals surface area (Å²) < 4.78 is 1.81. The topological polar surface area (TPSA) is 41.1 Å². The van der Waals surface area contributed by atoms with Gasteiger partial charge in [-0.15, -0.1) is 0 Å². The maximum absolute atomic E-state index is 12.2. The van der Waals surface area contributed by atoms with E-state index >= 15 is 0 Å². The molecule has 0 saturated carbocycles. The largest absolute Gasteiger partial charge is 0.349 e. The van der Waals surface area contributed by atoms with E-state index in [9.17, 15) is 4.79 Å². The Morgan fingerprint density at radius 2 is 1.89 bits per heavy atom. The van der Waals surface area contributed by atoms with E-state index < -0.39 is 0 Å². The van der Waals surface area contributed by atoms with Crippen molar-refractivity contribution < 1.29 is 4.79 Å². The van der Waals surface area contributed by atoms with Crippen molar-refractivity contribution in [2.75, 3.05) is 13.1 Å². The lowest BCUT2D eigenvalue weighted by atomic mass is 10.1. The van der Waals surface area contributed by atoms with Crippen molar-refractivity contribution in [3.05, 3.63) is 32.7 Å². The van der Waals surface area contributed by atoms with Crippen LogP contribution in [0.15, 0.2) is 27.1 Å². The van der Waals surface area contributed by atoms with Gasteiger partial charge in [0, 0.05) is 20.6 Å². The van der Waals surface area contributed by atoms with E-state index in [1.165, 1.54) is 0 Å². The van der Waals surface area contributed by atoms with Crippen LogP contribution in [0.1, 0.15) is 29.6 Å². The zero-order valence-electron chi connectivity index (χ0n) is 10.0. The van der Waals surface area contributed by atoms with E-state index in [-0.39, 0.29) is 11.9 Å². The third kappa shape index (κ3) is 4.07. The molecule has 1 atom stereocenters. The van der Waals surface area contributed by atoms with Gasteiger partial charge in [-0.2, -0.15) is 0 Å². The molecular formula is C13H16Br2N2O. The SMILES string of the molecule is O=C(NC1CCCNCC1)c1cc(Br)cc(Br)c1. The molecule has 1 aliphatic rings. The number of hydrogen-bond donors (Lipinski definition) is 2. The normalized spacial score (nSPS) is 20.2. The molecule has 98 valence electrons. The molecule has 1 aromatic carbocycles. The molecule has 5 heteroatoms. The summed E-state index contributed by atoms with van der Waals surface area (Å²) in [4.78, 5) is 12.2. The highest BCUT2D eigenvalue weighted by molar-refractivity contribution is 9.11. The molecule has 2 rings (SSSR count). The molecule has 1 saturated heterocycles. The highest BCUT2D eigenvalue weighted by Gasteiger charge is 2.15. The maximum atomic E-state index is 12.2. The van der Waals surface area contributed by atoms with Gasteiger partial charge in [-0.1, -0.05) is 31.9 Å². The van der Waals surface area contributed by atoms with E-state index in [1.54, 1.807) is 0 Å². The van der Waals surface area contributed by atoms with Gasteiger partial charge in [-0.25, -0.2) is 0 Å². The van der Waals surface area contributed by atoms with Gasteiger partial charge in [0.05, 0.1) is 0 Å². The molecule has 1 unspecified atom stereocenters. The van der Waals surface area contributed by atoms with E-state index in [0.29, 0.717) is 5.56 Å². The summed E-state index contributed by atoms with van der Waals surface area (Å²) in [6.45, 7) is 2.03. The fraction of sp³-hybridized carbons (Fsp3) is 0.462. The molecule has 1 fully saturated rings. The Balaban J connectivity index is 2.01. The first-order valence-corrected chi connectivity index (χ1v) is 7.71. The number of amides is 1. The smallest absolute Gasteiger partial charge is 0.251 e. The first-order chi connectivity index (χ1) is 8.65. The minimum Gasteiger partial charge on any atom is -0.349 e. The highest BCUT2D eigenvalue weighted by Crippen LogP contribution is 2.20. The number of carbonyl (C=O) groups excluding carboxylic acids is 1. The molecule has 1 heterocycles. The van der Waals surface area contributed by atoms with Gasteiger partial charge in [-0.3, -0.25) is 4.79 Å². The third-order valence-electron chi connectivity index (χ3n) is 3.04. The Labute approximate surface area is 124 Å². The fourth-order valence-electron chi connectivity index (χ4n) is 2.12. The predicted molar refractivity (Wildman–Crippen MR) is 79.8 cm³/mol. The minimum absolute atomic E-state index is 0.00361. The van der Waals surface area contributed by atoms with Crippen molar-refractivity contribution in [3.63, 3.8) is 0 Å². The van der Waals surface area contributed by atoms with E-state index in [4.69, 9.17) is 0 Å². The van der Waals surface area contributed by atoms with Crippen molar-refractivity contribution in [2.24, 2.45) is 0 Å². The molecule has 1 aliphatic heterocycles. The van der Waals surface area contributed by atoms with Crippen molar-refractivity contribution in [1.82, 2.24) is 10.6 Å². The highest BCUT2D eigenvalue weighted by atomic mass is 79.9. The second-order valence-corrected chi connectivity index (χ2v) is 6.34. The molecule has 0 aliphatic carbocycles. The van der Waals surface area contributed by atoms with Crippen LogP contribution in [0.3, 0.4) is 0 Å². The van der Waals surface area contributed by atoms with Crippen LogP contribution < -0.4 is 10.6 Å². The van der Waals surface area contributed by atoms with Gasteiger partial charge in [0.2, 0.25) is 0 Å². The van der Waals surface area contributed by atoms with Crippen molar-refractivity contribution >= 4 is 37.8 Å². The van der Waals surface area contributed by atoms with E-state index in [2.05, 4.69) is 42.5 Å². The number of benzene rings is 1. The molecule has 0 aromatic heterocycles. The van der Waals surface area contributed by atoms with Crippen LogP contribution in [0.2, 0.25) is 0 Å². The number of nitrogens with one attached hydrogen (secondary N) is 2. The zero-order chi connectivity index (χ0) is 13.0. The maximum Gasteiger partial charge on any atom is 0.251 e. The van der Waals surface area contributed by atoms with E-state index in [1.807, 2.05) is 18.2 Å². The van der Waals surface area contributed by atoms with Gasteiger partial charge >= 0.3 is 0 Å². The molecule has 18 heavy (non-hydrogen) atoms. The summed E-state index contributed by atoms with van der Waals surface area (Å²) in [5.41, 5.74) is 0.688. The Morgan fingerprint density at radius 1 is 1.17 bits per heavy atom. The average molecular weight is 376 g/mol. The lowest BCUT2D eigenvalue weighted by Crippen LogP contribution is -2.35. The second kappa shape index (κ2) is 6.68. The van der Waals surface area contributed by atoms with Crippen LogP contribution >= 0.6 is 31.9 Å². The zero-order valence-corrected chi connectivity index (χ0v) is 13.2. The summed E-state index contributed by atoms with van der Waals surface area (Å²) in [5, 5.41) is 6.45. The van der Waals surface area contributed by atoms with Crippen LogP contribution in [0.5, 0.6) is 0 Å². The van der Waals surface area contributed by atoms with Crippen LogP contribution in [0.25, 0.3) is 0 Å². The summed E-state index contributed by atoms with van der Waals surface area (Å²) >= 11 is 6.80. The lowest BCUT2D eigenvalue weighted by Gasteiger charge is -2.16. The Morgan fingerprint density at radius 3 is 2.61 bits per heavy atom. The van der Waals surface area contributed by atoms with E-state index in [0.717, 1.165) is 41.3 Å². The first-order valence-electron chi connectivity index (χ1n) is 6.13. The van der Waals surface area contributed by atoms with Gasteiger partial charge in [-0.05, 0) is 50.6 Å². The quantitative estimate of drug-likeness (QED) is 0.833. The molecule has 3 nitrogen and oxygen atoms in total. The molecular weight excluding hydrogens is 360 g/mol. The Kier molecular flexibility index (Phi) is 5.21. The number of halogens is 2. The summed E-state index contributed by atoms with van der Waals surface area (Å²) in [7, 11) is 0. The Hall–Kier alpha value is -0.390. The van der Waals surface area contributed by atoms with Crippen molar-refractivity contribution in [2.45, 2.75) is 25.3 Å².